The first-order valence-corrected chi connectivity index (χ1v) is 15.0. The quantitative estimate of drug-likeness (QED) is 0.289. The summed E-state index contributed by atoms with van der Waals surface area (Å²) in [6, 6.07) is 14.4. The molecule has 0 bridgehead atoms. The van der Waals surface area contributed by atoms with E-state index in [1.807, 2.05) is 30.3 Å². The number of rotatable bonds is 15. The molecule has 1 aromatic heterocycles. The van der Waals surface area contributed by atoms with Gasteiger partial charge in [-0.2, -0.15) is 0 Å². The second-order valence-corrected chi connectivity index (χ2v) is 14.1. The molecule has 3 nitrogen and oxygen atoms in total. The molecule has 0 fully saturated rings. The molecule has 0 aliphatic carbocycles. The summed E-state index contributed by atoms with van der Waals surface area (Å²) in [6.07, 6.45) is 14.5. The molecule has 0 atom stereocenters. The average Bonchev–Trinajstić information content (AvgIpc) is 2.80. The third-order valence-electron chi connectivity index (χ3n) is 5.94. The van der Waals surface area contributed by atoms with E-state index in [0.717, 1.165) is 11.3 Å². The molecule has 0 aliphatic rings. The van der Waals surface area contributed by atoms with E-state index in [1.165, 1.54) is 61.4 Å². The number of carbonyl (C=O) groups is 1. The molecule has 2 radical (unpaired) electrons. The molecular formula is C27H40N2OSn. The molecule has 1 amide bonds. The standard InChI is InChI=1S/C14H13N2O.C13H27.Sn/c17-14(10-13-8-4-5-9-15-13)16-11-12-6-2-1-3-7-12;1-4-7-10-13(11-8-5-2)12-9-6-3;/h1-4,6-9H,10-11H2,(H,16,17);4-12H2,1-3H3;. The van der Waals surface area contributed by atoms with E-state index in [4.69, 9.17) is 0 Å². The van der Waals surface area contributed by atoms with Crippen LogP contribution in [0.15, 0.2) is 48.7 Å². The zero-order valence-corrected chi connectivity index (χ0v) is 22.6. The van der Waals surface area contributed by atoms with Gasteiger partial charge in [0.05, 0.1) is 0 Å². The maximum absolute atomic E-state index is 12.3. The summed E-state index contributed by atoms with van der Waals surface area (Å²) in [4.78, 5) is 17.0. The number of hydrogen-bond acceptors (Lipinski definition) is 2. The molecule has 1 aromatic carbocycles. The van der Waals surface area contributed by atoms with Crippen molar-refractivity contribution in [1.29, 1.82) is 0 Å². The first-order chi connectivity index (χ1) is 15.1. The Kier molecular flexibility index (Phi) is 12.2. The number of carbonyl (C=O) groups excluding carboxylic acids is 1. The molecule has 2 rings (SSSR count). The van der Waals surface area contributed by atoms with Crippen molar-refractivity contribution in [3.05, 3.63) is 59.9 Å². The van der Waals surface area contributed by atoms with Crippen LogP contribution in [0.1, 0.15) is 89.8 Å². The molecule has 168 valence electrons. The Balaban J connectivity index is 1.97. The van der Waals surface area contributed by atoms with Crippen molar-refractivity contribution < 1.29 is 4.79 Å². The Hall–Kier alpha value is -1.36. The molecule has 4 heteroatoms. The van der Waals surface area contributed by atoms with Crippen LogP contribution in [0.4, 0.5) is 0 Å². The van der Waals surface area contributed by atoms with Crippen LogP contribution in [0, 0.1) is 0 Å². The predicted molar refractivity (Wildman–Crippen MR) is 133 cm³/mol. The second kappa shape index (κ2) is 14.7. The van der Waals surface area contributed by atoms with E-state index < -0.39 is 21.1 Å². The number of nitrogens with zero attached hydrogens (tertiary/aromatic N) is 1. The third kappa shape index (κ3) is 9.76. The predicted octanol–water partition coefficient (Wildman–Crippen LogP) is 6.00. The molecule has 0 spiro atoms. The molecule has 1 N–H and O–H groups in total. The van der Waals surface area contributed by atoms with E-state index in [-0.39, 0.29) is 5.91 Å². The van der Waals surface area contributed by atoms with Crippen LogP contribution in [0.25, 0.3) is 0 Å². The number of nitrogens with one attached hydrogen (secondary N) is 1. The van der Waals surface area contributed by atoms with Crippen LogP contribution in [0.2, 0.25) is 3.43 Å². The van der Waals surface area contributed by atoms with Gasteiger partial charge < -0.3 is 0 Å². The summed E-state index contributed by atoms with van der Waals surface area (Å²) >= 11 is -0.758. The van der Waals surface area contributed by atoms with Crippen LogP contribution in [0.3, 0.4) is 0 Å². The number of benzene rings is 1. The Morgan fingerprint density at radius 2 is 1.52 bits per heavy atom. The summed E-state index contributed by atoms with van der Waals surface area (Å²) in [5, 5.41) is 3.00. The van der Waals surface area contributed by atoms with Crippen LogP contribution < -0.4 is 8.90 Å². The fraction of sp³-hybridized carbons (Fsp3) is 0.556. The summed E-state index contributed by atoms with van der Waals surface area (Å²) in [7, 11) is 0. The third-order valence-corrected chi connectivity index (χ3v) is 11.3. The van der Waals surface area contributed by atoms with Crippen molar-refractivity contribution in [1.82, 2.24) is 10.3 Å². The van der Waals surface area contributed by atoms with Crippen LogP contribution in [-0.4, -0.2) is 32.0 Å². The van der Waals surface area contributed by atoms with E-state index in [0.29, 0.717) is 16.4 Å². The molecule has 2 aromatic rings. The van der Waals surface area contributed by atoms with Gasteiger partial charge in [0.15, 0.2) is 0 Å². The topological polar surface area (TPSA) is 42.0 Å². The van der Waals surface area contributed by atoms with Crippen LogP contribution in [-0.2, 0) is 17.8 Å². The zero-order chi connectivity index (χ0) is 22.4. The van der Waals surface area contributed by atoms with E-state index in [9.17, 15) is 4.79 Å². The van der Waals surface area contributed by atoms with Gasteiger partial charge in [0, 0.05) is 0 Å². The van der Waals surface area contributed by atoms with Crippen LogP contribution >= 0.6 is 0 Å². The monoisotopic (exact) mass is 528 g/mol. The summed E-state index contributed by atoms with van der Waals surface area (Å²) < 4.78 is 2.06. The van der Waals surface area contributed by atoms with Crippen molar-refractivity contribution in [2.75, 3.05) is 0 Å². The van der Waals surface area contributed by atoms with Gasteiger partial charge in [-0.05, 0) is 0 Å². The van der Waals surface area contributed by atoms with Gasteiger partial charge in [-0.3, -0.25) is 0 Å². The van der Waals surface area contributed by atoms with Gasteiger partial charge in [0.1, 0.15) is 0 Å². The van der Waals surface area contributed by atoms with Gasteiger partial charge in [-0.25, -0.2) is 0 Å². The summed E-state index contributed by atoms with van der Waals surface area (Å²) in [6.45, 7) is 7.51. The number of aromatic nitrogens is 1. The maximum atomic E-state index is 12.3. The average molecular weight is 527 g/mol. The number of amides is 1. The Morgan fingerprint density at radius 3 is 2.03 bits per heavy atom. The van der Waals surface area contributed by atoms with Gasteiger partial charge in [-0.15, -0.1) is 0 Å². The SMILES string of the molecule is CCCC[C](CCCC)(CCCC)[Sn][c]1ccc(CC(=O)NCc2ccccc2)nc1. The van der Waals surface area contributed by atoms with Crippen molar-refractivity contribution in [2.45, 2.75) is 95.0 Å². The van der Waals surface area contributed by atoms with Gasteiger partial charge in [-0.1, -0.05) is 0 Å². The Bertz CT molecular complexity index is 724. The van der Waals surface area contributed by atoms with Gasteiger partial charge in [0.2, 0.25) is 0 Å². The first kappa shape index (κ1) is 25.9. The van der Waals surface area contributed by atoms with Crippen molar-refractivity contribution in [3.63, 3.8) is 0 Å². The molecular weight excluding hydrogens is 487 g/mol. The number of pyridine rings is 1. The molecule has 1 heterocycles. The van der Waals surface area contributed by atoms with Crippen LogP contribution in [0.5, 0.6) is 0 Å². The van der Waals surface area contributed by atoms with Crippen molar-refractivity contribution in [3.8, 4) is 0 Å². The molecule has 31 heavy (non-hydrogen) atoms. The fourth-order valence-electron chi connectivity index (χ4n) is 4.04. The summed E-state index contributed by atoms with van der Waals surface area (Å²) in [5.41, 5.74) is 1.99. The van der Waals surface area contributed by atoms with E-state index in [2.05, 4.69) is 49.4 Å². The second-order valence-electron chi connectivity index (χ2n) is 8.69. The number of hydrogen-bond donors (Lipinski definition) is 1. The summed E-state index contributed by atoms with van der Waals surface area (Å²) in [5.74, 6) is 0.0345. The molecule has 0 unspecified atom stereocenters. The van der Waals surface area contributed by atoms with E-state index >= 15 is 0 Å². The first-order valence-electron chi connectivity index (χ1n) is 12.1. The minimum atomic E-state index is -0.758. The van der Waals surface area contributed by atoms with Gasteiger partial charge in [0.25, 0.3) is 0 Å². The van der Waals surface area contributed by atoms with Crippen molar-refractivity contribution in [2.24, 2.45) is 0 Å². The molecule has 0 saturated heterocycles. The Labute approximate surface area is 200 Å². The fourth-order valence-corrected chi connectivity index (χ4v) is 9.22. The Morgan fingerprint density at radius 1 is 0.903 bits per heavy atom. The zero-order valence-electron chi connectivity index (χ0n) is 19.8. The number of unbranched alkanes of at least 4 members (excludes halogenated alkanes) is 3. The molecule has 0 aliphatic heterocycles. The minimum absolute atomic E-state index is 0.0345. The normalized spacial score (nSPS) is 11.5. The van der Waals surface area contributed by atoms with Gasteiger partial charge >= 0.3 is 201 Å². The van der Waals surface area contributed by atoms with E-state index in [1.54, 1.807) is 0 Å². The molecule has 0 saturated carbocycles. The van der Waals surface area contributed by atoms with Crippen molar-refractivity contribution >= 4 is 30.6 Å².